The molecule has 1 N–H and O–H groups in total. The molecule has 0 saturated carbocycles. The van der Waals surface area contributed by atoms with Crippen LogP contribution in [0.1, 0.15) is 44.6 Å². The van der Waals surface area contributed by atoms with Crippen molar-refractivity contribution in [3.63, 3.8) is 0 Å². The maximum atomic E-state index is 12.4. The van der Waals surface area contributed by atoms with E-state index in [9.17, 15) is 9.00 Å². The normalized spacial score (nSPS) is 18.1. The summed E-state index contributed by atoms with van der Waals surface area (Å²) >= 11 is 0. The highest BCUT2D eigenvalue weighted by atomic mass is 32.2. The average Bonchev–Trinajstić information content (AvgIpc) is 2.75. The predicted octanol–water partition coefficient (Wildman–Crippen LogP) is 3.16. The zero-order valence-electron chi connectivity index (χ0n) is 14.2. The molecular formula is C18H28N2O2S. The number of amides is 1. The number of rotatable bonds is 6. The molecular weight excluding hydrogens is 308 g/mol. The number of nitrogens with zero attached hydrogens (tertiary/aromatic N) is 1. The summed E-state index contributed by atoms with van der Waals surface area (Å²) in [7, 11) is -0.840. The largest absolute Gasteiger partial charge is 0.382 e. The Morgan fingerprint density at radius 2 is 1.96 bits per heavy atom. The molecule has 23 heavy (non-hydrogen) atoms. The van der Waals surface area contributed by atoms with Gasteiger partial charge in [-0.25, -0.2) is 0 Å². The van der Waals surface area contributed by atoms with Gasteiger partial charge in [-0.15, -0.1) is 0 Å². The molecule has 2 atom stereocenters. The van der Waals surface area contributed by atoms with Crippen molar-refractivity contribution < 1.29 is 9.00 Å². The van der Waals surface area contributed by atoms with Crippen LogP contribution in [0.3, 0.4) is 0 Å². The molecule has 1 amide bonds. The van der Waals surface area contributed by atoms with E-state index in [1.165, 1.54) is 12.8 Å². The van der Waals surface area contributed by atoms with Gasteiger partial charge in [-0.3, -0.25) is 9.00 Å². The SMILES string of the molecule is C[C@@H](CC(=O)N1CCCCCC1)Nc1cccc(C[S@@](C)=O)c1. The third-order valence-corrected chi connectivity index (χ3v) is 4.89. The molecule has 0 aliphatic carbocycles. The highest BCUT2D eigenvalue weighted by Crippen LogP contribution is 2.16. The van der Waals surface area contributed by atoms with Gasteiger partial charge in [-0.05, 0) is 37.5 Å². The van der Waals surface area contributed by atoms with Crippen LogP contribution < -0.4 is 5.32 Å². The van der Waals surface area contributed by atoms with Crippen molar-refractivity contribution in [3.05, 3.63) is 29.8 Å². The van der Waals surface area contributed by atoms with Crippen LogP contribution >= 0.6 is 0 Å². The van der Waals surface area contributed by atoms with Gasteiger partial charge in [0.05, 0.1) is 0 Å². The molecule has 5 heteroatoms. The second-order valence-corrected chi connectivity index (χ2v) is 7.90. The van der Waals surface area contributed by atoms with Crippen LogP contribution in [0.5, 0.6) is 0 Å². The molecule has 1 aliphatic rings. The van der Waals surface area contributed by atoms with Gasteiger partial charge in [0, 0.05) is 54.0 Å². The second-order valence-electron chi connectivity index (χ2n) is 6.46. The van der Waals surface area contributed by atoms with E-state index in [0.717, 1.165) is 37.2 Å². The van der Waals surface area contributed by atoms with Gasteiger partial charge in [0.15, 0.2) is 0 Å². The van der Waals surface area contributed by atoms with E-state index in [4.69, 9.17) is 0 Å². The molecule has 1 fully saturated rings. The molecule has 0 radical (unpaired) electrons. The van der Waals surface area contributed by atoms with Gasteiger partial charge < -0.3 is 10.2 Å². The Bertz CT molecular complexity index is 540. The van der Waals surface area contributed by atoms with Crippen molar-refractivity contribution in [1.82, 2.24) is 4.90 Å². The van der Waals surface area contributed by atoms with Crippen molar-refractivity contribution in [3.8, 4) is 0 Å². The fourth-order valence-electron chi connectivity index (χ4n) is 3.03. The molecule has 1 aromatic carbocycles. The predicted molar refractivity (Wildman–Crippen MR) is 97.0 cm³/mol. The minimum absolute atomic E-state index is 0.0909. The maximum Gasteiger partial charge on any atom is 0.224 e. The lowest BCUT2D eigenvalue weighted by molar-refractivity contribution is -0.131. The number of carbonyl (C=O) groups is 1. The van der Waals surface area contributed by atoms with E-state index in [0.29, 0.717) is 12.2 Å². The average molecular weight is 337 g/mol. The van der Waals surface area contributed by atoms with Gasteiger partial charge in [0.2, 0.25) is 5.91 Å². The molecule has 2 rings (SSSR count). The van der Waals surface area contributed by atoms with E-state index in [1.54, 1.807) is 6.26 Å². The van der Waals surface area contributed by atoms with Crippen molar-refractivity contribution in [2.75, 3.05) is 24.7 Å². The third-order valence-electron chi connectivity index (χ3n) is 4.15. The van der Waals surface area contributed by atoms with Gasteiger partial charge in [-0.2, -0.15) is 0 Å². The van der Waals surface area contributed by atoms with E-state index in [-0.39, 0.29) is 11.9 Å². The highest BCUT2D eigenvalue weighted by Gasteiger charge is 2.17. The fraction of sp³-hybridized carbons (Fsp3) is 0.611. The summed E-state index contributed by atoms with van der Waals surface area (Å²) in [5.41, 5.74) is 2.05. The molecule has 128 valence electrons. The van der Waals surface area contributed by atoms with Crippen molar-refractivity contribution >= 4 is 22.4 Å². The topological polar surface area (TPSA) is 49.4 Å². The Balaban J connectivity index is 1.87. The number of hydrogen-bond donors (Lipinski definition) is 1. The number of hydrogen-bond acceptors (Lipinski definition) is 3. The summed E-state index contributed by atoms with van der Waals surface area (Å²) in [5, 5.41) is 3.39. The van der Waals surface area contributed by atoms with Crippen LogP contribution in [0, 0.1) is 0 Å². The zero-order chi connectivity index (χ0) is 16.7. The summed E-state index contributed by atoms with van der Waals surface area (Å²) in [4.78, 5) is 14.4. The molecule has 1 heterocycles. The van der Waals surface area contributed by atoms with Crippen molar-refractivity contribution in [1.29, 1.82) is 0 Å². The lowest BCUT2D eigenvalue weighted by Gasteiger charge is -2.23. The summed E-state index contributed by atoms with van der Waals surface area (Å²) in [6, 6.07) is 8.06. The smallest absolute Gasteiger partial charge is 0.224 e. The first-order valence-electron chi connectivity index (χ1n) is 8.48. The number of likely N-dealkylation sites (tertiary alicyclic amines) is 1. The van der Waals surface area contributed by atoms with Crippen LogP contribution in [0.25, 0.3) is 0 Å². The molecule has 0 unspecified atom stereocenters. The number of benzene rings is 1. The van der Waals surface area contributed by atoms with Crippen LogP contribution in [0.15, 0.2) is 24.3 Å². The molecule has 1 aliphatic heterocycles. The van der Waals surface area contributed by atoms with Gasteiger partial charge in [-0.1, -0.05) is 25.0 Å². The zero-order valence-corrected chi connectivity index (χ0v) is 15.0. The first-order chi connectivity index (χ1) is 11.0. The Kier molecular flexibility index (Phi) is 7.09. The maximum absolute atomic E-state index is 12.4. The van der Waals surface area contributed by atoms with E-state index >= 15 is 0 Å². The molecule has 0 bridgehead atoms. The third kappa shape index (κ3) is 6.34. The Morgan fingerprint density at radius 1 is 1.26 bits per heavy atom. The first kappa shape index (κ1) is 18.0. The van der Waals surface area contributed by atoms with Gasteiger partial charge in [0.1, 0.15) is 0 Å². The van der Waals surface area contributed by atoms with E-state index < -0.39 is 10.8 Å². The van der Waals surface area contributed by atoms with E-state index in [2.05, 4.69) is 5.32 Å². The van der Waals surface area contributed by atoms with Crippen LogP contribution in [0.2, 0.25) is 0 Å². The summed E-state index contributed by atoms with van der Waals surface area (Å²) < 4.78 is 11.3. The first-order valence-corrected chi connectivity index (χ1v) is 10.2. The minimum Gasteiger partial charge on any atom is -0.382 e. The van der Waals surface area contributed by atoms with Crippen molar-refractivity contribution in [2.45, 2.75) is 50.8 Å². The fourth-order valence-corrected chi connectivity index (χ4v) is 3.68. The molecule has 0 spiro atoms. The molecule has 0 aromatic heterocycles. The molecule has 4 nitrogen and oxygen atoms in total. The van der Waals surface area contributed by atoms with Crippen LogP contribution in [0.4, 0.5) is 5.69 Å². The molecule has 1 aromatic rings. The van der Waals surface area contributed by atoms with Crippen LogP contribution in [-0.2, 0) is 21.3 Å². The van der Waals surface area contributed by atoms with Gasteiger partial charge >= 0.3 is 0 Å². The number of anilines is 1. The Morgan fingerprint density at radius 3 is 2.61 bits per heavy atom. The number of carbonyl (C=O) groups excluding carboxylic acids is 1. The van der Waals surface area contributed by atoms with Gasteiger partial charge in [0.25, 0.3) is 0 Å². The standard InChI is InChI=1S/C18H28N2O2S/c1-15(12-18(21)20-10-5-3-4-6-11-20)19-17-9-7-8-16(13-17)14-23(2)22/h7-9,13,15,19H,3-6,10-12,14H2,1-2H3/t15-,23+/m0/s1. The summed E-state index contributed by atoms with van der Waals surface area (Å²) in [6.07, 6.45) is 6.96. The quantitative estimate of drug-likeness (QED) is 0.868. The van der Waals surface area contributed by atoms with Crippen LogP contribution in [-0.4, -0.2) is 40.4 Å². The summed E-state index contributed by atoms with van der Waals surface area (Å²) in [5.74, 6) is 0.814. The van der Waals surface area contributed by atoms with Crippen molar-refractivity contribution in [2.24, 2.45) is 0 Å². The minimum atomic E-state index is -0.840. The summed E-state index contributed by atoms with van der Waals surface area (Å²) in [6.45, 7) is 3.85. The Labute approximate surface area is 142 Å². The lowest BCUT2D eigenvalue weighted by Crippen LogP contribution is -2.35. The Hall–Kier alpha value is -1.36. The molecule has 1 saturated heterocycles. The second kappa shape index (κ2) is 9.06. The van der Waals surface area contributed by atoms with E-state index in [1.807, 2.05) is 36.1 Å². The lowest BCUT2D eigenvalue weighted by atomic mass is 10.1. The monoisotopic (exact) mass is 336 g/mol. The number of nitrogens with one attached hydrogen (secondary N) is 1. The highest BCUT2D eigenvalue weighted by molar-refractivity contribution is 7.83.